The molecule has 0 amide bonds. The molecule has 2 aromatic rings. The predicted octanol–water partition coefficient (Wildman–Crippen LogP) is 4.57. The van der Waals surface area contributed by atoms with Gasteiger partial charge in [-0.3, -0.25) is 0 Å². The Morgan fingerprint density at radius 2 is 1.63 bits per heavy atom. The molecule has 0 spiro atoms. The Morgan fingerprint density at radius 3 is 2.26 bits per heavy atom. The number of hydrogen-bond acceptors (Lipinski definition) is 1. The zero-order chi connectivity index (χ0) is 13.7. The Hall–Kier alpha value is -1.31. The van der Waals surface area contributed by atoms with Gasteiger partial charge in [-0.2, -0.15) is 0 Å². The van der Waals surface area contributed by atoms with Gasteiger partial charge in [0.05, 0.1) is 5.60 Å². The highest BCUT2D eigenvalue weighted by atomic mass is 35.5. The van der Waals surface area contributed by atoms with Crippen LogP contribution in [0.2, 0.25) is 5.02 Å². The predicted molar refractivity (Wildman–Crippen MR) is 80.4 cm³/mol. The molecule has 1 unspecified atom stereocenters. The first-order valence-electron chi connectivity index (χ1n) is 6.60. The smallest absolute Gasteiger partial charge is 0.0868 e. The van der Waals surface area contributed by atoms with E-state index in [1.165, 1.54) is 5.56 Å². The van der Waals surface area contributed by atoms with E-state index in [1.54, 1.807) is 0 Å². The van der Waals surface area contributed by atoms with Gasteiger partial charge >= 0.3 is 0 Å². The quantitative estimate of drug-likeness (QED) is 0.847. The Kier molecular flexibility index (Phi) is 4.62. The summed E-state index contributed by atoms with van der Waals surface area (Å²) in [5.41, 5.74) is 1.44. The summed E-state index contributed by atoms with van der Waals surface area (Å²) in [5.74, 6) is 0. The highest BCUT2D eigenvalue weighted by Crippen LogP contribution is 2.27. The van der Waals surface area contributed by atoms with E-state index in [0.717, 1.165) is 24.8 Å². The van der Waals surface area contributed by atoms with Crippen molar-refractivity contribution >= 4 is 11.6 Å². The van der Waals surface area contributed by atoms with Crippen molar-refractivity contribution in [2.75, 3.05) is 0 Å². The number of benzene rings is 2. The van der Waals surface area contributed by atoms with E-state index in [0.29, 0.717) is 5.02 Å². The molecule has 0 saturated carbocycles. The average Bonchev–Trinajstić information content (AvgIpc) is 2.40. The normalized spacial score (nSPS) is 14.1. The molecule has 19 heavy (non-hydrogen) atoms. The largest absolute Gasteiger partial charge is 0.385 e. The fourth-order valence-corrected chi connectivity index (χ4v) is 2.36. The van der Waals surface area contributed by atoms with E-state index in [4.69, 9.17) is 11.6 Å². The van der Waals surface area contributed by atoms with Gasteiger partial charge in [0.15, 0.2) is 0 Å². The van der Waals surface area contributed by atoms with Crippen LogP contribution in [0.15, 0.2) is 54.6 Å². The lowest BCUT2D eigenvalue weighted by molar-refractivity contribution is 0.0457. The van der Waals surface area contributed by atoms with Crippen LogP contribution in [0.5, 0.6) is 0 Å². The van der Waals surface area contributed by atoms with Crippen LogP contribution in [0.1, 0.15) is 30.9 Å². The van der Waals surface area contributed by atoms with Gasteiger partial charge in [-0.05, 0) is 49.4 Å². The molecular formula is C17H19ClO. The molecule has 0 heterocycles. The number of rotatable bonds is 5. The summed E-state index contributed by atoms with van der Waals surface area (Å²) in [6.45, 7) is 1.86. The molecule has 0 fully saturated rings. The zero-order valence-electron chi connectivity index (χ0n) is 11.1. The summed E-state index contributed by atoms with van der Waals surface area (Å²) in [4.78, 5) is 0. The van der Waals surface area contributed by atoms with Gasteiger partial charge < -0.3 is 5.11 Å². The lowest BCUT2D eigenvalue weighted by Crippen LogP contribution is -2.21. The molecule has 1 nitrogen and oxygen atoms in total. The van der Waals surface area contributed by atoms with Gasteiger partial charge in [0.25, 0.3) is 0 Å². The molecule has 1 N–H and O–H groups in total. The number of aryl methyl sites for hydroxylation is 1. The fourth-order valence-electron chi connectivity index (χ4n) is 2.23. The number of halogens is 1. The maximum absolute atomic E-state index is 10.5. The minimum Gasteiger partial charge on any atom is -0.385 e. The maximum Gasteiger partial charge on any atom is 0.0868 e. The first-order valence-corrected chi connectivity index (χ1v) is 6.98. The molecular weight excluding hydrogens is 256 g/mol. The molecule has 0 aliphatic rings. The molecule has 2 aromatic carbocycles. The van der Waals surface area contributed by atoms with E-state index in [2.05, 4.69) is 12.1 Å². The average molecular weight is 275 g/mol. The van der Waals surface area contributed by atoms with Crippen LogP contribution in [0, 0.1) is 0 Å². The van der Waals surface area contributed by atoms with Crippen molar-refractivity contribution in [1.29, 1.82) is 0 Å². The van der Waals surface area contributed by atoms with Crippen LogP contribution in [0.3, 0.4) is 0 Å². The van der Waals surface area contributed by atoms with Crippen molar-refractivity contribution in [3.05, 3.63) is 70.7 Å². The third-order valence-corrected chi connectivity index (χ3v) is 3.69. The molecule has 2 rings (SSSR count). The zero-order valence-corrected chi connectivity index (χ0v) is 11.9. The first kappa shape index (κ1) is 14.1. The molecule has 0 aliphatic heterocycles. The van der Waals surface area contributed by atoms with Crippen LogP contribution in [-0.2, 0) is 12.0 Å². The SMILES string of the molecule is CC(O)(CCCc1ccccc1)c1ccc(Cl)cc1. The van der Waals surface area contributed by atoms with Crippen molar-refractivity contribution in [2.45, 2.75) is 31.8 Å². The van der Waals surface area contributed by atoms with Crippen molar-refractivity contribution < 1.29 is 5.11 Å². The van der Waals surface area contributed by atoms with Crippen LogP contribution < -0.4 is 0 Å². The van der Waals surface area contributed by atoms with Crippen LogP contribution in [0.25, 0.3) is 0 Å². The highest BCUT2D eigenvalue weighted by Gasteiger charge is 2.22. The Bertz CT molecular complexity index is 503. The van der Waals surface area contributed by atoms with Crippen LogP contribution in [0.4, 0.5) is 0 Å². The second kappa shape index (κ2) is 6.23. The molecule has 0 aromatic heterocycles. The third-order valence-electron chi connectivity index (χ3n) is 3.44. The second-order valence-corrected chi connectivity index (χ2v) is 5.56. The van der Waals surface area contributed by atoms with Crippen molar-refractivity contribution in [3.63, 3.8) is 0 Å². The maximum atomic E-state index is 10.5. The second-order valence-electron chi connectivity index (χ2n) is 5.12. The molecule has 0 saturated heterocycles. The number of hydrogen-bond donors (Lipinski definition) is 1. The minimum absolute atomic E-state index is 0.698. The first-order chi connectivity index (χ1) is 9.08. The van der Waals surface area contributed by atoms with Gasteiger partial charge in [-0.15, -0.1) is 0 Å². The summed E-state index contributed by atoms with van der Waals surface area (Å²) < 4.78 is 0. The summed E-state index contributed by atoms with van der Waals surface area (Å²) >= 11 is 5.86. The lowest BCUT2D eigenvalue weighted by atomic mass is 9.90. The van der Waals surface area contributed by atoms with Gasteiger partial charge in [-0.1, -0.05) is 54.1 Å². The molecule has 1 atom stereocenters. The number of aliphatic hydroxyl groups is 1. The van der Waals surface area contributed by atoms with Gasteiger partial charge in [0.2, 0.25) is 0 Å². The van der Waals surface area contributed by atoms with Crippen molar-refractivity contribution in [3.8, 4) is 0 Å². The fraction of sp³-hybridized carbons (Fsp3) is 0.294. The Labute approximate surface area is 119 Å². The Morgan fingerprint density at radius 1 is 1.00 bits per heavy atom. The van der Waals surface area contributed by atoms with Gasteiger partial charge in [-0.25, -0.2) is 0 Å². The van der Waals surface area contributed by atoms with E-state index < -0.39 is 5.60 Å². The van der Waals surface area contributed by atoms with Crippen molar-refractivity contribution in [2.24, 2.45) is 0 Å². The standard InChI is InChI=1S/C17H19ClO/c1-17(19,15-9-11-16(18)12-10-15)13-5-8-14-6-3-2-4-7-14/h2-4,6-7,9-12,19H,5,8,13H2,1H3. The van der Waals surface area contributed by atoms with Crippen molar-refractivity contribution in [1.82, 2.24) is 0 Å². The Balaban J connectivity index is 1.92. The molecule has 2 heteroatoms. The highest BCUT2D eigenvalue weighted by molar-refractivity contribution is 6.30. The summed E-state index contributed by atoms with van der Waals surface area (Å²) in [6.07, 6.45) is 2.69. The van der Waals surface area contributed by atoms with Crippen LogP contribution >= 0.6 is 11.6 Å². The van der Waals surface area contributed by atoms with Gasteiger partial charge in [0.1, 0.15) is 0 Å². The van der Waals surface area contributed by atoms with E-state index >= 15 is 0 Å². The summed E-state index contributed by atoms with van der Waals surface area (Å²) in [7, 11) is 0. The molecule has 0 bridgehead atoms. The van der Waals surface area contributed by atoms with E-state index in [-0.39, 0.29) is 0 Å². The third kappa shape index (κ3) is 4.09. The van der Waals surface area contributed by atoms with Gasteiger partial charge in [0, 0.05) is 5.02 Å². The topological polar surface area (TPSA) is 20.2 Å². The van der Waals surface area contributed by atoms with E-state index in [9.17, 15) is 5.11 Å². The lowest BCUT2D eigenvalue weighted by Gasteiger charge is -2.24. The van der Waals surface area contributed by atoms with E-state index in [1.807, 2.05) is 49.4 Å². The monoisotopic (exact) mass is 274 g/mol. The summed E-state index contributed by atoms with van der Waals surface area (Å²) in [6, 6.07) is 17.8. The summed E-state index contributed by atoms with van der Waals surface area (Å²) in [5, 5.41) is 11.2. The molecule has 0 radical (unpaired) electrons. The molecule has 100 valence electrons. The molecule has 0 aliphatic carbocycles. The van der Waals surface area contributed by atoms with Crippen LogP contribution in [-0.4, -0.2) is 5.11 Å². The minimum atomic E-state index is -0.792.